The molecule has 15 heavy (non-hydrogen) atoms. The second-order valence-electron chi connectivity index (χ2n) is 3.91. The Kier molecular flexibility index (Phi) is 4.35. The number of benzene rings is 1. The fraction of sp³-hybridized carbons (Fsp3) is 0.462. The van der Waals surface area contributed by atoms with Crippen LogP contribution < -0.4 is 0 Å². The van der Waals surface area contributed by atoms with Gasteiger partial charge < -0.3 is 4.74 Å². The fourth-order valence-electron chi connectivity index (χ4n) is 1.61. The van der Waals surface area contributed by atoms with E-state index in [-0.39, 0.29) is 0 Å². The van der Waals surface area contributed by atoms with Crippen LogP contribution in [0.4, 0.5) is 0 Å². The SMILES string of the molecule is COC(=N)CCCc1cc(C)ccc1C. The molecule has 0 aromatic heterocycles. The molecule has 0 heterocycles. The van der Waals surface area contributed by atoms with Gasteiger partial charge in [-0.1, -0.05) is 23.8 Å². The normalized spacial score (nSPS) is 10.1. The first kappa shape index (κ1) is 11.8. The van der Waals surface area contributed by atoms with Gasteiger partial charge in [-0.3, -0.25) is 5.41 Å². The topological polar surface area (TPSA) is 33.1 Å². The lowest BCUT2D eigenvalue weighted by atomic mass is 10.0. The molecule has 0 saturated heterocycles. The molecule has 0 atom stereocenters. The van der Waals surface area contributed by atoms with Crippen molar-refractivity contribution in [1.82, 2.24) is 0 Å². The van der Waals surface area contributed by atoms with Crippen molar-refractivity contribution in [2.75, 3.05) is 7.11 Å². The van der Waals surface area contributed by atoms with Crippen LogP contribution in [0.1, 0.15) is 29.5 Å². The molecule has 0 spiro atoms. The molecule has 0 amide bonds. The molecule has 1 rings (SSSR count). The first-order valence-corrected chi connectivity index (χ1v) is 5.31. The summed E-state index contributed by atoms with van der Waals surface area (Å²) in [6.07, 6.45) is 2.74. The summed E-state index contributed by atoms with van der Waals surface area (Å²) in [6, 6.07) is 6.52. The van der Waals surface area contributed by atoms with Crippen molar-refractivity contribution in [3.63, 3.8) is 0 Å². The number of hydrogen-bond donors (Lipinski definition) is 1. The minimum absolute atomic E-state index is 0.375. The average molecular weight is 205 g/mol. The van der Waals surface area contributed by atoms with E-state index >= 15 is 0 Å². The molecule has 1 aromatic carbocycles. The van der Waals surface area contributed by atoms with E-state index in [1.54, 1.807) is 7.11 Å². The molecule has 1 aromatic rings. The van der Waals surface area contributed by atoms with Crippen LogP contribution in [0.2, 0.25) is 0 Å². The van der Waals surface area contributed by atoms with Crippen LogP contribution in [0.3, 0.4) is 0 Å². The third kappa shape index (κ3) is 3.74. The van der Waals surface area contributed by atoms with Crippen LogP contribution in [0.5, 0.6) is 0 Å². The Labute approximate surface area is 91.8 Å². The fourth-order valence-corrected chi connectivity index (χ4v) is 1.61. The molecule has 0 fully saturated rings. The van der Waals surface area contributed by atoms with Gasteiger partial charge in [-0.05, 0) is 37.8 Å². The van der Waals surface area contributed by atoms with Crippen LogP contribution in [-0.2, 0) is 11.2 Å². The zero-order chi connectivity index (χ0) is 11.3. The summed E-state index contributed by atoms with van der Waals surface area (Å²) in [5, 5.41) is 7.38. The minimum Gasteiger partial charge on any atom is -0.484 e. The second-order valence-corrected chi connectivity index (χ2v) is 3.91. The van der Waals surface area contributed by atoms with Gasteiger partial charge in [0.2, 0.25) is 0 Å². The first-order valence-electron chi connectivity index (χ1n) is 5.31. The van der Waals surface area contributed by atoms with E-state index in [1.165, 1.54) is 16.7 Å². The van der Waals surface area contributed by atoms with Gasteiger partial charge in [0.25, 0.3) is 0 Å². The Morgan fingerprint density at radius 1 is 1.33 bits per heavy atom. The van der Waals surface area contributed by atoms with Crippen molar-refractivity contribution >= 4 is 5.90 Å². The lowest BCUT2D eigenvalue weighted by Gasteiger charge is -2.07. The molecule has 0 radical (unpaired) electrons. The Hall–Kier alpha value is -1.31. The van der Waals surface area contributed by atoms with Crippen LogP contribution in [-0.4, -0.2) is 13.0 Å². The van der Waals surface area contributed by atoms with Gasteiger partial charge in [-0.2, -0.15) is 0 Å². The minimum atomic E-state index is 0.375. The predicted molar refractivity (Wildman–Crippen MR) is 63.6 cm³/mol. The van der Waals surface area contributed by atoms with Crippen molar-refractivity contribution in [3.05, 3.63) is 34.9 Å². The average Bonchev–Trinajstić information content (AvgIpc) is 2.23. The summed E-state index contributed by atoms with van der Waals surface area (Å²) >= 11 is 0. The first-order chi connectivity index (χ1) is 7.13. The van der Waals surface area contributed by atoms with E-state index in [2.05, 4.69) is 32.0 Å². The van der Waals surface area contributed by atoms with Gasteiger partial charge in [0.15, 0.2) is 5.90 Å². The van der Waals surface area contributed by atoms with Crippen LogP contribution in [0.25, 0.3) is 0 Å². The van der Waals surface area contributed by atoms with Gasteiger partial charge in [0.05, 0.1) is 7.11 Å². The molecule has 2 nitrogen and oxygen atoms in total. The Morgan fingerprint density at radius 3 is 2.73 bits per heavy atom. The Bertz CT molecular complexity index is 344. The molecule has 0 aliphatic rings. The molecule has 0 bridgehead atoms. The maximum absolute atomic E-state index is 7.38. The summed E-state index contributed by atoms with van der Waals surface area (Å²) in [6.45, 7) is 4.25. The zero-order valence-corrected chi connectivity index (χ0v) is 9.76. The van der Waals surface area contributed by atoms with E-state index < -0.39 is 0 Å². The van der Waals surface area contributed by atoms with Crippen molar-refractivity contribution in [2.45, 2.75) is 33.1 Å². The quantitative estimate of drug-likeness (QED) is 0.594. The summed E-state index contributed by atoms with van der Waals surface area (Å²) in [4.78, 5) is 0. The number of hydrogen-bond acceptors (Lipinski definition) is 2. The van der Waals surface area contributed by atoms with E-state index in [1.807, 2.05) is 0 Å². The van der Waals surface area contributed by atoms with Crippen LogP contribution in [0, 0.1) is 19.3 Å². The van der Waals surface area contributed by atoms with Crippen molar-refractivity contribution in [3.8, 4) is 0 Å². The van der Waals surface area contributed by atoms with Crippen molar-refractivity contribution in [1.29, 1.82) is 5.41 Å². The van der Waals surface area contributed by atoms with E-state index in [0.29, 0.717) is 5.90 Å². The van der Waals surface area contributed by atoms with E-state index in [4.69, 9.17) is 10.1 Å². The van der Waals surface area contributed by atoms with Gasteiger partial charge in [-0.15, -0.1) is 0 Å². The third-order valence-electron chi connectivity index (χ3n) is 2.60. The smallest absolute Gasteiger partial charge is 0.180 e. The second kappa shape index (κ2) is 5.54. The summed E-state index contributed by atoms with van der Waals surface area (Å²) in [5.41, 5.74) is 4.03. The highest BCUT2D eigenvalue weighted by atomic mass is 16.5. The zero-order valence-electron chi connectivity index (χ0n) is 9.76. The molecular formula is C13H19NO. The summed E-state index contributed by atoms with van der Waals surface area (Å²) in [5.74, 6) is 0.375. The molecule has 0 saturated carbocycles. The molecule has 82 valence electrons. The third-order valence-corrected chi connectivity index (χ3v) is 2.60. The monoisotopic (exact) mass is 205 g/mol. The van der Waals surface area contributed by atoms with E-state index in [0.717, 1.165) is 19.3 Å². The van der Waals surface area contributed by atoms with Crippen LogP contribution >= 0.6 is 0 Å². The maximum atomic E-state index is 7.38. The molecule has 0 unspecified atom stereocenters. The van der Waals surface area contributed by atoms with Crippen LogP contribution in [0.15, 0.2) is 18.2 Å². The number of aryl methyl sites for hydroxylation is 3. The highest BCUT2D eigenvalue weighted by Gasteiger charge is 2.00. The lowest BCUT2D eigenvalue weighted by Crippen LogP contribution is -2.00. The highest BCUT2D eigenvalue weighted by molar-refractivity contribution is 5.72. The Morgan fingerprint density at radius 2 is 2.07 bits per heavy atom. The molecule has 1 N–H and O–H groups in total. The van der Waals surface area contributed by atoms with E-state index in [9.17, 15) is 0 Å². The molecule has 0 aliphatic heterocycles. The van der Waals surface area contributed by atoms with Crippen molar-refractivity contribution < 1.29 is 4.74 Å². The summed E-state index contributed by atoms with van der Waals surface area (Å²) in [7, 11) is 1.56. The molecule has 0 aliphatic carbocycles. The van der Waals surface area contributed by atoms with Gasteiger partial charge in [0.1, 0.15) is 0 Å². The van der Waals surface area contributed by atoms with Gasteiger partial charge in [-0.25, -0.2) is 0 Å². The predicted octanol–water partition coefficient (Wildman–Crippen LogP) is 3.25. The Balaban J connectivity index is 2.50. The standard InChI is InChI=1S/C13H19NO/c1-10-7-8-11(2)12(9-10)5-4-6-13(14)15-3/h7-9,14H,4-6H2,1-3H3. The number of nitrogens with one attached hydrogen (secondary N) is 1. The summed E-state index contributed by atoms with van der Waals surface area (Å²) < 4.78 is 4.83. The number of methoxy groups -OCH3 is 1. The lowest BCUT2D eigenvalue weighted by molar-refractivity contribution is 0.384. The van der Waals surface area contributed by atoms with Gasteiger partial charge in [0, 0.05) is 6.42 Å². The molecule has 2 heteroatoms. The maximum Gasteiger partial charge on any atom is 0.180 e. The van der Waals surface area contributed by atoms with Gasteiger partial charge >= 0.3 is 0 Å². The highest BCUT2D eigenvalue weighted by Crippen LogP contribution is 2.13. The number of rotatable bonds is 4. The number of ether oxygens (including phenoxy) is 1. The molecular weight excluding hydrogens is 186 g/mol. The van der Waals surface area contributed by atoms with Crippen molar-refractivity contribution in [2.24, 2.45) is 0 Å². The largest absolute Gasteiger partial charge is 0.484 e.